The van der Waals surface area contributed by atoms with Crippen molar-refractivity contribution < 1.29 is 19.1 Å². The van der Waals surface area contributed by atoms with Gasteiger partial charge in [0.05, 0.1) is 23.7 Å². The van der Waals surface area contributed by atoms with Crippen molar-refractivity contribution in [2.45, 2.75) is 53.0 Å². The fourth-order valence-electron chi connectivity index (χ4n) is 4.17. The predicted octanol–water partition coefficient (Wildman–Crippen LogP) is 4.61. The van der Waals surface area contributed by atoms with Gasteiger partial charge in [0, 0.05) is 24.2 Å². The van der Waals surface area contributed by atoms with Crippen molar-refractivity contribution in [3.8, 4) is 0 Å². The number of allylic oxidation sites excluding steroid dienone is 2. The molecule has 0 aromatic carbocycles. The number of hydrogen-bond donors (Lipinski definition) is 2. The lowest BCUT2D eigenvalue weighted by molar-refractivity contribution is -0.126. The second kappa shape index (κ2) is 12.2. The highest BCUT2D eigenvalue weighted by atomic mass is 35.5. The lowest BCUT2D eigenvalue weighted by Gasteiger charge is -2.34. The number of nitrogens with zero attached hydrogens (tertiary/aromatic N) is 2. The quantitative estimate of drug-likeness (QED) is 0.504. The van der Waals surface area contributed by atoms with E-state index in [1.54, 1.807) is 25.3 Å². The summed E-state index contributed by atoms with van der Waals surface area (Å²) in [6, 6.07) is 3.69. The van der Waals surface area contributed by atoms with Crippen molar-refractivity contribution >= 4 is 29.2 Å². The molecule has 190 valence electrons. The summed E-state index contributed by atoms with van der Waals surface area (Å²) in [5.41, 5.74) is 0.436. The number of amides is 2. The Kier molecular flexibility index (Phi) is 9.34. The van der Waals surface area contributed by atoms with Gasteiger partial charge in [-0.25, -0.2) is 4.98 Å². The molecule has 1 aromatic rings. The molecule has 0 spiro atoms. The van der Waals surface area contributed by atoms with Crippen LogP contribution in [-0.4, -0.2) is 47.9 Å². The molecule has 3 heterocycles. The van der Waals surface area contributed by atoms with Crippen LogP contribution in [0.25, 0.3) is 0 Å². The van der Waals surface area contributed by atoms with E-state index in [-0.39, 0.29) is 23.5 Å². The summed E-state index contributed by atoms with van der Waals surface area (Å²) in [4.78, 5) is 32.8. The third kappa shape index (κ3) is 6.86. The predicted molar refractivity (Wildman–Crippen MR) is 136 cm³/mol. The lowest BCUT2D eigenvalue weighted by atomic mass is 9.94. The Morgan fingerprint density at radius 3 is 2.57 bits per heavy atom. The maximum absolute atomic E-state index is 13.2. The number of piperidine rings is 1. The van der Waals surface area contributed by atoms with E-state index in [9.17, 15) is 9.59 Å². The Morgan fingerprint density at radius 2 is 2.00 bits per heavy atom. The molecule has 1 fully saturated rings. The molecule has 2 N–H and O–H groups in total. The van der Waals surface area contributed by atoms with Gasteiger partial charge in [0.25, 0.3) is 5.91 Å². The van der Waals surface area contributed by atoms with Gasteiger partial charge in [-0.3, -0.25) is 9.59 Å². The Bertz CT molecular complexity index is 1010. The largest absolute Gasteiger partial charge is 0.497 e. The van der Waals surface area contributed by atoms with E-state index in [0.29, 0.717) is 34.1 Å². The first-order chi connectivity index (χ1) is 16.7. The highest BCUT2D eigenvalue weighted by Crippen LogP contribution is 2.34. The van der Waals surface area contributed by atoms with Gasteiger partial charge in [-0.15, -0.1) is 0 Å². The number of pyridine rings is 1. The molecule has 9 heteroatoms. The molecule has 1 aromatic heterocycles. The zero-order chi connectivity index (χ0) is 25.5. The van der Waals surface area contributed by atoms with E-state index in [1.807, 2.05) is 19.9 Å². The van der Waals surface area contributed by atoms with Crippen molar-refractivity contribution in [2.24, 2.45) is 11.8 Å². The highest BCUT2D eigenvalue weighted by molar-refractivity contribution is 6.30. The first-order valence-electron chi connectivity index (χ1n) is 12.1. The zero-order valence-corrected chi connectivity index (χ0v) is 21.8. The molecule has 1 saturated heterocycles. The summed E-state index contributed by atoms with van der Waals surface area (Å²) < 4.78 is 11.4. The van der Waals surface area contributed by atoms with Crippen LogP contribution in [0.2, 0.25) is 5.02 Å². The molecule has 2 amide bonds. The van der Waals surface area contributed by atoms with Crippen LogP contribution in [0.1, 0.15) is 47.0 Å². The second-order valence-corrected chi connectivity index (χ2v) is 9.48. The molecule has 35 heavy (non-hydrogen) atoms. The molecule has 2 aliphatic heterocycles. The normalized spacial score (nSPS) is 20.8. The van der Waals surface area contributed by atoms with Crippen LogP contribution in [0, 0.1) is 11.8 Å². The first-order valence-corrected chi connectivity index (χ1v) is 12.5. The third-order valence-corrected chi connectivity index (χ3v) is 6.54. The molecule has 3 rings (SSSR count). The number of halogens is 1. The number of ether oxygens (including phenoxy) is 2. The maximum atomic E-state index is 13.2. The van der Waals surface area contributed by atoms with Crippen molar-refractivity contribution in [3.63, 3.8) is 0 Å². The summed E-state index contributed by atoms with van der Waals surface area (Å²) >= 11 is 5.90. The van der Waals surface area contributed by atoms with Gasteiger partial charge in [0.15, 0.2) is 0 Å². The van der Waals surface area contributed by atoms with E-state index >= 15 is 0 Å². The summed E-state index contributed by atoms with van der Waals surface area (Å²) in [5, 5.41) is 6.20. The smallest absolute Gasteiger partial charge is 0.294 e. The van der Waals surface area contributed by atoms with Crippen molar-refractivity contribution in [1.82, 2.24) is 15.2 Å². The van der Waals surface area contributed by atoms with Crippen LogP contribution in [0.15, 0.2) is 53.5 Å². The molecule has 0 saturated carbocycles. The van der Waals surface area contributed by atoms with Gasteiger partial charge < -0.3 is 25.0 Å². The van der Waals surface area contributed by atoms with Crippen LogP contribution < -0.4 is 10.6 Å². The standard InChI is InChI=1S/C26H35ClN4O4/c1-6-7-20(34-5)14-21-17(4)23(30-25(32)18-10-12-31(13-11-18)16(2)3)24(35-21)26(33)29-22-9-8-19(27)15-28-22/h7-9,14-18H,6,10-13H2,1-5H3,(H,30,32)(H,28,29,33)/b20-7+,21-14+. The Morgan fingerprint density at radius 1 is 1.29 bits per heavy atom. The van der Waals surface area contributed by atoms with Crippen LogP contribution in [0.4, 0.5) is 5.82 Å². The molecular formula is C26H35ClN4O4. The van der Waals surface area contributed by atoms with Gasteiger partial charge in [-0.05, 0) is 71.3 Å². The summed E-state index contributed by atoms with van der Waals surface area (Å²) in [5.74, 6) is 0.465. The summed E-state index contributed by atoms with van der Waals surface area (Å²) in [7, 11) is 1.58. The monoisotopic (exact) mass is 502 g/mol. The molecule has 0 bridgehead atoms. The molecule has 1 unspecified atom stereocenters. The number of likely N-dealkylation sites (tertiary alicyclic amines) is 1. The topological polar surface area (TPSA) is 92.8 Å². The number of carbonyl (C=O) groups excluding carboxylic acids is 2. The number of rotatable bonds is 8. The molecule has 0 radical (unpaired) electrons. The van der Waals surface area contributed by atoms with Crippen molar-refractivity contribution in [3.05, 3.63) is 58.5 Å². The van der Waals surface area contributed by atoms with E-state index in [0.717, 1.165) is 32.4 Å². The second-order valence-electron chi connectivity index (χ2n) is 9.04. The van der Waals surface area contributed by atoms with Gasteiger partial charge in [-0.2, -0.15) is 0 Å². The minimum atomic E-state index is -0.501. The van der Waals surface area contributed by atoms with E-state index in [2.05, 4.69) is 34.4 Å². The number of carbonyl (C=O) groups is 2. The first kappa shape index (κ1) is 26.8. The Balaban J connectivity index is 1.83. The molecule has 0 aliphatic carbocycles. The SMILES string of the molecule is CC/C=C(\C=C1\OC(C(=O)Nc2ccc(Cl)cn2)=C(NC(=O)C2CCN(C(C)C)CC2)C1C)OC. The van der Waals surface area contributed by atoms with Gasteiger partial charge in [0.2, 0.25) is 11.7 Å². The number of aromatic nitrogens is 1. The summed E-state index contributed by atoms with van der Waals surface area (Å²) in [6.45, 7) is 9.98. The average molecular weight is 503 g/mol. The fraction of sp³-hybridized carbons (Fsp3) is 0.500. The molecule has 8 nitrogen and oxygen atoms in total. The number of methoxy groups -OCH3 is 1. The highest BCUT2D eigenvalue weighted by Gasteiger charge is 2.36. The van der Waals surface area contributed by atoms with E-state index in [1.165, 1.54) is 6.20 Å². The fourth-order valence-corrected chi connectivity index (χ4v) is 4.28. The summed E-state index contributed by atoms with van der Waals surface area (Å²) in [6.07, 6.45) is 7.45. The maximum Gasteiger partial charge on any atom is 0.294 e. The Labute approximate surface area is 212 Å². The van der Waals surface area contributed by atoms with Crippen LogP contribution in [-0.2, 0) is 19.1 Å². The zero-order valence-electron chi connectivity index (χ0n) is 21.1. The number of hydrogen-bond acceptors (Lipinski definition) is 6. The van der Waals surface area contributed by atoms with Crippen LogP contribution in [0.5, 0.6) is 0 Å². The molecular weight excluding hydrogens is 468 g/mol. The molecule has 2 aliphatic rings. The van der Waals surface area contributed by atoms with E-state index in [4.69, 9.17) is 21.1 Å². The third-order valence-electron chi connectivity index (χ3n) is 6.31. The van der Waals surface area contributed by atoms with Gasteiger partial charge in [-0.1, -0.05) is 18.5 Å². The number of anilines is 1. The van der Waals surface area contributed by atoms with Crippen LogP contribution in [0.3, 0.4) is 0 Å². The lowest BCUT2D eigenvalue weighted by Crippen LogP contribution is -2.43. The van der Waals surface area contributed by atoms with Crippen molar-refractivity contribution in [2.75, 3.05) is 25.5 Å². The molecule has 1 atom stereocenters. The van der Waals surface area contributed by atoms with Gasteiger partial charge >= 0.3 is 0 Å². The van der Waals surface area contributed by atoms with Crippen molar-refractivity contribution in [1.29, 1.82) is 0 Å². The Hall–Kier alpha value is -2.84. The minimum Gasteiger partial charge on any atom is -0.497 e. The van der Waals surface area contributed by atoms with Gasteiger partial charge in [0.1, 0.15) is 17.3 Å². The number of nitrogens with one attached hydrogen (secondary N) is 2. The van der Waals surface area contributed by atoms with E-state index < -0.39 is 5.91 Å². The average Bonchev–Trinajstić information content (AvgIpc) is 3.15. The minimum absolute atomic E-state index is 0.0421. The van der Waals surface area contributed by atoms with Crippen LogP contribution >= 0.6 is 11.6 Å².